The number of aromatic nitrogens is 1. The Kier molecular flexibility index (Phi) is 4.17. The highest BCUT2D eigenvalue weighted by atomic mass is 35.5. The standard InChI is InChI=1S/C12H11Cl2NO4/c1-2-18-11(16)8(14)6-15-9-4-3-7(13)5-10(9)19-12(15)17/h3-5,8H,2,6H2,1H3/t8-/m1/s1. The van der Waals surface area contributed by atoms with E-state index in [1.807, 2.05) is 0 Å². The summed E-state index contributed by atoms with van der Waals surface area (Å²) in [4.78, 5) is 23.2. The Morgan fingerprint density at radius 3 is 2.95 bits per heavy atom. The summed E-state index contributed by atoms with van der Waals surface area (Å²) in [5.41, 5.74) is 0.884. The first kappa shape index (κ1) is 14.0. The SMILES string of the molecule is CCOC(=O)[C@H](Cl)Cn1c(=O)oc2cc(Cl)ccc21. The fourth-order valence-electron chi connectivity index (χ4n) is 1.68. The number of nitrogens with zero attached hydrogens (tertiary/aromatic N) is 1. The van der Waals surface area contributed by atoms with Gasteiger partial charge in [-0.25, -0.2) is 4.79 Å². The number of ether oxygens (including phenoxy) is 1. The lowest BCUT2D eigenvalue weighted by Gasteiger charge is -2.08. The van der Waals surface area contributed by atoms with Crippen molar-refractivity contribution in [3.8, 4) is 0 Å². The fourth-order valence-corrected chi connectivity index (χ4v) is 2.04. The van der Waals surface area contributed by atoms with Gasteiger partial charge >= 0.3 is 11.7 Å². The van der Waals surface area contributed by atoms with Crippen LogP contribution in [0.15, 0.2) is 27.4 Å². The largest absolute Gasteiger partial charge is 0.465 e. The molecule has 1 heterocycles. The van der Waals surface area contributed by atoms with Crippen molar-refractivity contribution in [1.29, 1.82) is 0 Å². The minimum absolute atomic E-state index is 0.0200. The molecule has 2 rings (SSSR count). The number of halogens is 2. The number of fused-ring (bicyclic) bond motifs is 1. The van der Waals surface area contributed by atoms with Crippen LogP contribution in [0.1, 0.15) is 6.92 Å². The normalized spacial score (nSPS) is 12.6. The molecule has 1 aromatic heterocycles. The van der Waals surface area contributed by atoms with Crippen LogP contribution in [-0.2, 0) is 16.1 Å². The van der Waals surface area contributed by atoms with Gasteiger partial charge < -0.3 is 9.15 Å². The molecule has 0 saturated heterocycles. The molecule has 0 saturated carbocycles. The van der Waals surface area contributed by atoms with Crippen LogP contribution in [0, 0.1) is 0 Å². The summed E-state index contributed by atoms with van der Waals surface area (Å²) in [5.74, 6) is -1.16. The molecule has 1 atom stereocenters. The average molecular weight is 304 g/mol. The van der Waals surface area contributed by atoms with Crippen molar-refractivity contribution in [1.82, 2.24) is 4.57 Å². The van der Waals surface area contributed by atoms with E-state index >= 15 is 0 Å². The molecule has 19 heavy (non-hydrogen) atoms. The van der Waals surface area contributed by atoms with E-state index in [9.17, 15) is 9.59 Å². The van der Waals surface area contributed by atoms with E-state index < -0.39 is 17.1 Å². The van der Waals surface area contributed by atoms with E-state index in [1.165, 1.54) is 10.6 Å². The fraction of sp³-hybridized carbons (Fsp3) is 0.333. The summed E-state index contributed by atoms with van der Waals surface area (Å²) in [5, 5.41) is -0.490. The predicted molar refractivity (Wildman–Crippen MR) is 71.8 cm³/mol. The Bertz CT molecular complexity index is 661. The summed E-state index contributed by atoms with van der Waals surface area (Å²) in [6.45, 7) is 1.90. The molecule has 0 aliphatic carbocycles. The van der Waals surface area contributed by atoms with Crippen LogP contribution in [0.3, 0.4) is 0 Å². The first-order chi connectivity index (χ1) is 9.02. The van der Waals surface area contributed by atoms with Crippen molar-refractivity contribution in [3.63, 3.8) is 0 Å². The molecule has 0 aliphatic rings. The number of alkyl halides is 1. The zero-order chi connectivity index (χ0) is 14.0. The quantitative estimate of drug-likeness (QED) is 0.643. The van der Waals surface area contributed by atoms with Crippen molar-refractivity contribution in [2.45, 2.75) is 18.8 Å². The Balaban J connectivity index is 2.33. The second-order valence-corrected chi connectivity index (χ2v) is 4.77. The second kappa shape index (κ2) is 5.67. The van der Waals surface area contributed by atoms with Crippen molar-refractivity contribution >= 4 is 40.3 Å². The van der Waals surface area contributed by atoms with Crippen molar-refractivity contribution in [3.05, 3.63) is 33.8 Å². The first-order valence-electron chi connectivity index (χ1n) is 5.62. The maximum atomic E-state index is 11.7. The van der Waals surface area contributed by atoms with E-state index in [0.29, 0.717) is 16.1 Å². The zero-order valence-electron chi connectivity index (χ0n) is 10.1. The molecule has 7 heteroatoms. The molecule has 0 unspecified atom stereocenters. The van der Waals surface area contributed by atoms with Gasteiger partial charge in [0.15, 0.2) is 5.58 Å². The van der Waals surface area contributed by atoms with Crippen LogP contribution in [0.2, 0.25) is 5.02 Å². The lowest BCUT2D eigenvalue weighted by molar-refractivity contribution is -0.142. The van der Waals surface area contributed by atoms with Gasteiger partial charge in [0.1, 0.15) is 5.38 Å². The van der Waals surface area contributed by atoms with Gasteiger partial charge in [0.05, 0.1) is 18.7 Å². The van der Waals surface area contributed by atoms with Crippen molar-refractivity contribution in [2.75, 3.05) is 6.61 Å². The smallest absolute Gasteiger partial charge is 0.420 e. The third-order valence-electron chi connectivity index (χ3n) is 2.52. The van der Waals surface area contributed by atoms with E-state index in [2.05, 4.69) is 0 Å². The van der Waals surface area contributed by atoms with Gasteiger partial charge in [-0.1, -0.05) is 11.6 Å². The molecule has 0 spiro atoms. The van der Waals surface area contributed by atoms with E-state index in [-0.39, 0.29) is 13.2 Å². The van der Waals surface area contributed by atoms with Crippen LogP contribution in [-0.4, -0.2) is 22.5 Å². The molecule has 102 valence electrons. The van der Waals surface area contributed by atoms with Gasteiger partial charge in [0, 0.05) is 11.1 Å². The molecule has 1 aromatic carbocycles. The number of benzene rings is 1. The monoisotopic (exact) mass is 303 g/mol. The average Bonchev–Trinajstić information content (AvgIpc) is 2.65. The molecule has 5 nitrogen and oxygen atoms in total. The van der Waals surface area contributed by atoms with Gasteiger partial charge in [-0.2, -0.15) is 0 Å². The number of carbonyl (C=O) groups excluding carboxylic acids is 1. The van der Waals surface area contributed by atoms with Gasteiger partial charge in [-0.15, -0.1) is 11.6 Å². The Hall–Kier alpha value is -1.46. The highest BCUT2D eigenvalue weighted by Gasteiger charge is 2.20. The highest BCUT2D eigenvalue weighted by Crippen LogP contribution is 2.19. The Morgan fingerprint density at radius 2 is 2.26 bits per heavy atom. The summed E-state index contributed by atoms with van der Waals surface area (Å²) < 4.78 is 11.1. The number of hydrogen-bond acceptors (Lipinski definition) is 4. The number of oxazole rings is 1. The minimum atomic E-state index is -0.950. The summed E-state index contributed by atoms with van der Waals surface area (Å²) in [7, 11) is 0. The topological polar surface area (TPSA) is 61.4 Å². The highest BCUT2D eigenvalue weighted by molar-refractivity contribution is 6.31. The van der Waals surface area contributed by atoms with E-state index in [0.717, 1.165) is 0 Å². The minimum Gasteiger partial charge on any atom is -0.465 e. The van der Waals surface area contributed by atoms with E-state index in [1.54, 1.807) is 19.1 Å². The van der Waals surface area contributed by atoms with Gasteiger partial charge in [-0.05, 0) is 19.1 Å². The lowest BCUT2D eigenvalue weighted by atomic mass is 10.3. The molecular formula is C12H11Cl2NO4. The molecule has 0 fully saturated rings. The van der Waals surface area contributed by atoms with Crippen LogP contribution >= 0.6 is 23.2 Å². The van der Waals surface area contributed by atoms with Gasteiger partial charge in [0.25, 0.3) is 0 Å². The summed E-state index contributed by atoms with van der Waals surface area (Å²) in [6, 6.07) is 4.79. The molecule has 2 aromatic rings. The lowest BCUT2D eigenvalue weighted by Crippen LogP contribution is -2.27. The maximum absolute atomic E-state index is 11.7. The number of carbonyl (C=O) groups is 1. The first-order valence-corrected chi connectivity index (χ1v) is 6.44. The maximum Gasteiger partial charge on any atom is 0.420 e. The predicted octanol–water partition coefficient (Wildman–Crippen LogP) is 2.42. The van der Waals surface area contributed by atoms with Crippen molar-refractivity contribution in [2.24, 2.45) is 0 Å². The van der Waals surface area contributed by atoms with Crippen molar-refractivity contribution < 1.29 is 13.9 Å². The molecule has 0 amide bonds. The van der Waals surface area contributed by atoms with Gasteiger partial charge in [0.2, 0.25) is 0 Å². The summed E-state index contributed by atoms with van der Waals surface area (Å²) in [6.07, 6.45) is 0. The third kappa shape index (κ3) is 2.93. The van der Waals surface area contributed by atoms with Crippen LogP contribution in [0.25, 0.3) is 11.1 Å². The van der Waals surface area contributed by atoms with Crippen LogP contribution in [0.5, 0.6) is 0 Å². The molecule has 0 radical (unpaired) electrons. The Labute approximate surface area is 118 Å². The Morgan fingerprint density at radius 1 is 1.53 bits per heavy atom. The second-order valence-electron chi connectivity index (χ2n) is 3.81. The number of esters is 1. The molecular weight excluding hydrogens is 293 g/mol. The molecule has 0 aliphatic heterocycles. The zero-order valence-corrected chi connectivity index (χ0v) is 11.6. The third-order valence-corrected chi connectivity index (χ3v) is 3.07. The summed E-state index contributed by atoms with van der Waals surface area (Å²) >= 11 is 11.7. The number of rotatable bonds is 4. The van der Waals surface area contributed by atoms with Crippen LogP contribution < -0.4 is 5.76 Å². The molecule has 0 N–H and O–H groups in total. The van der Waals surface area contributed by atoms with Crippen LogP contribution in [0.4, 0.5) is 0 Å². The molecule has 0 bridgehead atoms. The van der Waals surface area contributed by atoms with E-state index in [4.69, 9.17) is 32.4 Å². The number of hydrogen-bond donors (Lipinski definition) is 0. The van der Waals surface area contributed by atoms with Gasteiger partial charge in [-0.3, -0.25) is 9.36 Å².